The van der Waals surface area contributed by atoms with Crippen LogP contribution in [-0.2, 0) is 5.41 Å². The summed E-state index contributed by atoms with van der Waals surface area (Å²) in [6.45, 7) is 6.09. The van der Waals surface area contributed by atoms with Crippen LogP contribution in [0.2, 0.25) is 0 Å². The summed E-state index contributed by atoms with van der Waals surface area (Å²) in [6, 6.07) is 13.7. The molecule has 0 saturated heterocycles. The standard InChI is InChI=1S/C18H18O3/c1-18(2,3)15-11-7-6-10-14(15)16(19)12-8-4-5-9-13(12)17(20)21/h4-11H,1-3H3,(H,20,21). The van der Waals surface area contributed by atoms with Crippen LogP contribution in [0.4, 0.5) is 0 Å². The summed E-state index contributed by atoms with van der Waals surface area (Å²) in [5, 5.41) is 9.24. The van der Waals surface area contributed by atoms with Gasteiger partial charge in [-0.3, -0.25) is 4.79 Å². The molecule has 0 aliphatic carbocycles. The van der Waals surface area contributed by atoms with Crippen LogP contribution >= 0.6 is 0 Å². The highest BCUT2D eigenvalue weighted by molar-refractivity contribution is 6.15. The smallest absolute Gasteiger partial charge is 0.336 e. The van der Waals surface area contributed by atoms with Gasteiger partial charge in [0.15, 0.2) is 5.78 Å². The quantitative estimate of drug-likeness (QED) is 0.868. The third-order valence-corrected chi connectivity index (χ3v) is 3.38. The van der Waals surface area contributed by atoms with Gasteiger partial charge in [0.25, 0.3) is 0 Å². The molecule has 0 radical (unpaired) electrons. The van der Waals surface area contributed by atoms with Crippen molar-refractivity contribution in [2.45, 2.75) is 26.2 Å². The molecule has 0 saturated carbocycles. The topological polar surface area (TPSA) is 54.4 Å². The Labute approximate surface area is 124 Å². The van der Waals surface area contributed by atoms with E-state index in [1.807, 2.05) is 32.9 Å². The Morgan fingerprint density at radius 2 is 1.29 bits per heavy atom. The molecule has 1 N–H and O–H groups in total. The van der Waals surface area contributed by atoms with E-state index in [-0.39, 0.29) is 22.3 Å². The van der Waals surface area contributed by atoms with Crippen LogP contribution in [0.3, 0.4) is 0 Å². The lowest BCUT2D eigenvalue weighted by atomic mass is 9.81. The van der Waals surface area contributed by atoms with Crippen LogP contribution in [0.25, 0.3) is 0 Å². The molecule has 21 heavy (non-hydrogen) atoms. The second-order valence-corrected chi connectivity index (χ2v) is 5.98. The molecule has 0 spiro atoms. The van der Waals surface area contributed by atoms with E-state index < -0.39 is 5.97 Å². The molecule has 2 aromatic carbocycles. The Hall–Kier alpha value is -2.42. The Kier molecular flexibility index (Phi) is 3.94. The number of hydrogen-bond donors (Lipinski definition) is 1. The number of ketones is 1. The first-order valence-electron chi connectivity index (χ1n) is 6.79. The predicted octanol–water partition coefficient (Wildman–Crippen LogP) is 3.91. The van der Waals surface area contributed by atoms with Gasteiger partial charge in [-0.1, -0.05) is 63.2 Å². The Bertz CT molecular complexity index is 694. The summed E-state index contributed by atoms with van der Waals surface area (Å²) in [4.78, 5) is 24.1. The summed E-state index contributed by atoms with van der Waals surface area (Å²) in [5.74, 6) is -1.34. The van der Waals surface area contributed by atoms with Crippen molar-refractivity contribution in [2.24, 2.45) is 0 Å². The Morgan fingerprint density at radius 1 is 0.810 bits per heavy atom. The van der Waals surface area contributed by atoms with Crippen molar-refractivity contribution in [1.82, 2.24) is 0 Å². The molecule has 2 rings (SSSR count). The molecule has 0 bridgehead atoms. The van der Waals surface area contributed by atoms with E-state index in [4.69, 9.17) is 0 Å². The first-order valence-corrected chi connectivity index (χ1v) is 6.79. The van der Waals surface area contributed by atoms with Gasteiger partial charge in [0.2, 0.25) is 0 Å². The zero-order valence-corrected chi connectivity index (χ0v) is 12.4. The predicted molar refractivity (Wildman–Crippen MR) is 82.0 cm³/mol. The van der Waals surface area contributed by atoms with Gasteiger partial charge in [0.05, 0.1) is 5.56 Å². The van der Waals surface area contributed by atoms with Crippen molar-refractivity contribution in [3.63, 3.8) is 0 Å². The minimum absolute atomic E-state index is 0.0335. The van der Waals surface area contributed by atoms with Crippen molar-refractivity contribution >= 4 is 11.8 Å². The van der Waals surface area contributed by atoms with E-state index >= 15 is 0 Å². The summed E-state index contributed by atoms with van der Waals surface area (Å²) >= 11 is 0. The fourth-order valence-corrected chi connectivity index (χ4v) is 2.35. The highest BCUT2D eigenvalue weighted by Gasteiger charge is 2.24. The molecule has 3 nitrogen and oxygen atoms in total. The number of hydrogen-bond acceptors (Lipinski definition) is 2. The van der Waals surface area contributed by atoms with Gasteiger partial charge in [-0.05, 0) is 17.0 Å². The molecule has 0 aromatic heterocycles. The van der Waals surface area contributed by atoms with Gasteiger partial charge in [-0.25, -0.2) is 4.79 Å². The lowest BCUT2D eigenvalue weighted by Crippen LogP contribution is -2.18. The van der Waals surface area contributed by atoms with Crippen molar-refractivity contribution in [3.8, 4) is 0 Å². The maximum Gasteiger partial charge on any atom is 0.336 e. The van der Waals surface area contributed by atoms with Gasteiger partial charge in [0, 0.05) is 11.1 Å². The molecule has 0 amide bonds. The second-order valence-electron chi connectivity index (χ2n) is 5.98. The van der Waals surface area contributed by atoms with E-state index in [0.29, 0.717) is 5.56 Å². The molecule has 3 heteroatoms. The highest BCUT2D eigenvalue weighted by atomic mass is 16.4. The lowest BCUT2D eigenvalue weighted by Gasteiger charge is -2.22. The first-order chi connectivity index (χ1) is 9.82. The number of benzene rings is 2. The summed E-state index contributed by atoms with van der Waals surface area (Å²) in [7, 11) is 0. The van der Waals surface area contributed by atoms with Gasteiger partial charge in [0.1, 0.15) is 0 Å². The monoisotopic (exact) mass is 282 g/mol. The SMILES string of the molecule is CC(C)(C)c1ccccc1C(=O)c1ccccc1C(=O)O. The number of carboxylic acids is 1. The molecule has 0 unspecified atom stereocenters. The molecule has 0 fully saturated rings. The molecule has 0 heterocycles. The Balaban J connectivity index is 2.60. The van der Waals surface area contributed by atoms with Crippen molar-refractivity contribution in [3.05, 3.63) is 70.8 Å². The van der Waals surface area contributed by atoms with Gasteiger partial charge < -0.3 is 5.11 Å². The van der Waals surface area contributed by atoms with E-state index in [1.54, 1.807) is 30.3 Å². The molecular formula is C18H18O3. The third-order valence-electron chi connectivity index (χ3n) is 3.38. The van der Waals surface area contributed by atoms with Crippen LogP contribution < -0.4 is 0 Å². The fourth-order valence-electron chi connectivity index (χ4n) is 2.35. The van der Waals surface area contributed by atoms with Gasteiger partial charge in [-0.15, -0.1) is 0 Å². The second kappa shape index (κ2) is 5.52. The first kappa shape index (κ1) is 15.0. The average molecular weight is 282 g/mol. The Morgan fingerprint density at radius 3 is 1.81 bits per heavy atom. The third kappa shape index (κ3) is 3.02. The molecule has 2 aromatic rings. The molecule has 0 atom stereocenters. The molecule has 0 aliphatic heterocycles. The number of carboxylic acid groups (broad SMARTS) is 1. The number of carbonyl (C=O) groups excluding carboxylic acids is 1. The number of rotatable bonds is 3. The van der Waals surface area contributed by atoms with Crippen molar-refractivity contribution < 1.29 is 14.7 Å². The fraction of sp³-hybridized carbons (Fsp3) is 0.222. The maximum absolute atomic E-state index is 12.8. The molecule has 108 valence electrons. The minimum atomic E-state index is -1.09. The van der Waals surface area contributed by atoms with Crippen LogP contribution in [-0.4, -0.2) is 16.9 Å². The maximum atomic E-state index is 12.8. The summed E-state index contributed by atoms with van der Waals surface area (Å²) in [6.07, 6.45) is 0. The zero-order valence-electron chi connectivity index (χ0n) is 12.4. The van der Waals surface area contributed by atoms with E-state index in [1.165, 1.54) is 6.07 Å². The van der Waals surface area contributed by atoms with Crippen LogP contribution in [0.1, 0.15) is 52.6 Å². The highest BCUT2D eigenvalue weighted by Crippen LogP contribution is 2.28. The molecular weight excluding hydrogens is 264 g/mol. The van der Waals surface area contributed by atoms with Crippen molar-refractivity contribution in [2.75, 3.05) is 0 Å². The van der Waals surface area contributed by atoms with Crippen LogP contribution in [0.5, 0.6) is 0 Å². The average Bonchev–Trinajstić information content (AvgIpc) is 2.45. The van der Waals surface area contributed by atoms with Crippen molar-refractivity contribution in [1.29, 1.82) is 0 Å². The van der Waals surface area contributed by atoms with E-state index in [2.05, 4.69) is 0 Å². The summed E-state index contributed by atoms with van der Waals surface area (Å²) in [5.41, 5.74) is 1.53. The normalized spacial score (nSPS) is 11.2. The zero-order chi connectivity index (χ0) is 15.6. The van der Waals surface area contributed by atoms with Gasteiger partial charge >= 0.3 is 5.97 Å². The van der Waals surface area contributed by atoms with E-state index in [0.717, 1.165) is 5.56 Å². The number of carbonyl (C=O) groups is 2. The van der Waals surface area contributed by atoms with Crippen LogP contribution in [0, 0.1) is 0 Å². The minimum Gasteiger partial charge on any atom is -0.478 e. The lowest BCUT2D eigenvalue weighted by molar-refractivity contribution is 0.0693. The summed E-state index contributed by atoms with van der Waals surface area (Å²) < 4.78 is 0. The largest absolute Gasteiger partial charge is 0.478 e. The van der Waals surface area contributed by atoms with Gasteiger partial charge in [-0.2, -0.15) is 0 Å². The molecule has 0 aliphatic rings. The van der Waals surface area contributed by atoms with Crippen LogP contribution in [0.15, 0.2) is 48.5 Å². The number of aromatic carboxylic acids is 1. The van der Waals surface area contributed by atoms with E-state index in [9.17, 15) is 14.7 Å².